The molecule has 1 aromatic heterocycles. The monoisotopic (exact) mass is 401 g/mol. The van der Waals surface area contributed by atoms with Gasteiger partial charge in [0.15, 0.2) is 0 Å². The Morgan fingerprint density at radius 3 is 2.58 bits per heavy atom. The summed E-state index contributed by atoms with van der Waals surface area (Å²) in [6.45, 7) is 0.695. The Kier molecular flexibility index (Phi) is 5.60. The minimum Gasteiger partial charge on any atom is -0.351 e. The fourth-order valence-corrected chi connectivity index (χ4v) is 3.64. The molecular weight excluding hydrogens is 390 g/mol. The van der Waals surface area contributed by atoms with E-state index in [1.54, 1.807) is 0 Å². The molecule has 0 aliphatic heterocycles. The van der Waals surface area contributed by atoms with E-state index in [1.165, 1.54) is 16.9 Å². The third-order valence-electron chi connectivity index (χ3n) is 2.64. The van der Waals surface area contributed by atoms with Gasteiger partial charge < -0.3 is 5.32 Å². The third kappa shape index (κ3) is 4.44. The molecule has 0 atom stereocenters. The van der Waals surface area contributed by atoms with Crippen molar-refractivity contribution in [1.29, 1.82) is 0 Å². The smallest absolute Gasteiger partial charge is 0.261 e. The number of rotatable bonds is 5. The van der Waals surface area contributed by atoms with Crippen LogP contribution in [0.5, 0.6) is 0 Å². The molecule has 0 aliphatic carbocycles. The lowest BCUT2D eigenvalue weighted by molar-refractivity contribution is 0.0957. The van der Waals surface area contributed by atoms with Gasteiger partial charge in [0.2, 0.25) is 0 Å². The molecule has 2 aromatic rings. The third-order valence-corrected chi connectivity index (χ3v) is 5.89. The lowest BCUT2D eigenvalue weighted by Gasteiger charge is -2.03. The summed E-state index contributed by atoms with van der Waals surface area (Å²) in [4.78, 5) is 12.6. The maximum Gasteiger partial charge on any atom is 0.261 e. The van der Waals surface area contributed by atoms with Crippen LogP contribution in [0.15, 0.2) is 44.7 Å². The fraction of sp³-hybridized carbons (Fsp3) is 0.214. The summed E-state index contributed by atoms with van der Waals surface area (Å²) >= 11 is 8.20. The van der Waals surface area contributed by atoms with E-state index >= 15 is 0 Å². The number of nitrogens with one attached hydrogen (secondary N) is 1. The number of carbonyl (C=O) groups is 1. The van der Waals surface area contributed by atoms with Crippen LogP contribution in [0.3, 0.4) is 0 Å². The van der Waals surface area contributed by atoms with Crippen LogP contribution in [0.1, 0.15) is 21.7 Å². The Morgan fingerprint density at radius 1 is 1.21 bits per heavy atom. The summed E-state index contributed by atoms with van der Waals surface area (Å²) in [5.41, 5.74) is 1.30. The average molecular weight is 403 g/mol. The number of benzene rings is 1. The summed E-state index contributed by atoms with van der Waals surface area (Å²) in [6.07, 6.45) is 1.93. The first-order chi connectivity index (χ1) is 9.16. The van der Waals surface area contributed by atoms with Crippen LogP contribution in [0.25, 0.3) is 0 Å². The highest BCUT2D eigenvalue weighted by Gasteiger charge is 2.11. The SMILES string of the molecule is O=C(NCCCc1ccccc1)c1cc(Br)c(Br)s1. The first-order valence-electron chi connectivity index (χ1n) is 5.94. The number of carbonyl (C=O) groups excluding carboxylic acids is 1. The second kappa shape index (κ2) is 7.22. The molecule has 2 nitrogen and oxygen atoms in total. The van der Waals surface area contributed by atoms with Crippen molar-refractivity contribution in [2.75, 3.05) is 6.54 Å². The van der Waals surface area contributed by atoms with Gasteiger partial charge in [-0.25, -0.2) is 0 Å². The largest absolute Gasteiger partial charge is 0.351 e. The second-order valence-corrected chi connectivity index (χ2v) is 7.30. The van der Waals surface area contributed by atoms with Crippen LogP contribution in [-0.4, -0.2) is 12.5 Å². The Bertz CT molecular complexity index is 534. The van der Waals surface area contributed by atoms with Gasteiger partial charge in [-0.05, 0) is 56.3 Å². The van der Waals surface area contributed by atoms with Gasteiger partial charge >= 0.3 is 0 Å². The standard InChI is InChI=1S/C14H13Br2NOS/c15-11-9-12(19-13(11)16)14(18)17-8-4-7-10-5-2-1-3-6-10/h1-3,5-6,9H,4,7-8H2,(H,17,18). The van der Waals surface area contributed by atoms with E-state index in [9.17, 15) is 4.79 Å². The summed E-state index contributed by atoms with van der Waals surface area (Å²) < 4.78 is 1.87. The van der Waals surface area contributed by atoms with E-state index in [4.69, 9.17) is 0 Å². The molecule has 0 unspecified atom stereocenters. The van der Waals surface area contributed by atoms with Crippen LogP contribution in [0.4, 0.5) is 0 Å². The van der Waals surface area contributed by atoms with Crippen LogP contribution >= 0.6 is 43.2 Å². The molecule has 5 heteroatoms. The molecule has 1 N–H and O–H groups in total. The Hall–Kier alpha value is -0.650. The minimum absolute atomic E-state index is 0.00976. The predicted molar refractivity (Wildman–Crippen MR) is 86.8 cm³/mol. The average Bonchev–Trinajstić information content (AvgIpc) is 2.76. The number of hydrogen-bond donors (Lipinski definition) is 1. The van der Waals surface area contributed by atoms with E-state index in [-0.39, 0.29) is 5.91 Å². The first-order valence-corrected chi connectivity index (χ1v) is 8.34. The lowest BCUT2D eigenvalue weighted by Crippen LogP contribution is -2.23. The van der Waals surface area contributed by atoms with Crippen molar-refractivity contribution in [3.05, 3.63) is 55.1 Å². The van der Waals surface area contributed by atoms with Crippen LogP contribution in [0.2, 0.25) is 0 Å². The van der Waals surface area contributed by atoms with Crippen molar-refractivity contribution in [2.24, 2.45) is 0 Å². The minimum atomic E-state index is -0.00976. The van der Waals surface area contributed by atoms with Crippen molar-refractivity contribution >= 4 is 49.1 Å². The van der Waals surface area contributed by atoms with Gasteiger partial charge in [-0.2, -0.15) is 0 Å². The van der Waals surface area contributed by atoms with Gasteiger partial charge in [-0.1, -0.05) is 30.3 Å². The number of hydrogen-bond acceptors (Lipinski definition) is 2. The molecule has 1 aromatic carbocycles. The summed E-state index contributed by atoms with van der Waals surface area (Å²) in [7, 11) is 0. The first kappa shape index (κ1) is 14.8. The highest BCUT2D eigenvalue weighted by molar-refractivity contribution is 9.13. The molecule has 100 valence electrons. The van der Waals surface area contributed by atoms with Crippen molar-refractivity contribution in [3.63, 3.8) is 0 Å². The Morgan fingerprint density at radius 2 is 1.95 bits per heavy atom. The van der Waals surface area contributed by atoms with Gasteiger partial charge in [0, 0.05) is 11.0 Å². The molecule has 2 rings (SSSR count). The molecule has 0 fully saturated rings. The normalized spacial score (nSPS) is 10.4. The number of thiophene rings is 1. The van der Waals surface area contributed by atoms with E-state index in [1.807, 2.05) is 24.3 Å². The molecule has 1 amide bonds. The topological polar surface area (TPSA) is 29.1 Å². The van der Waals surface area contributed by atoms with Crippen molar-refractivity contribution in [2.45, 2.75) is 12.8 Å². The molecule has 1 heterocycles. The van der Waals surface area contributed by atoms with Gasteiger partial charge in [-0.15, -0.1) is 11.3 Å². The van der Waals surface area contributed by atoms with Gasteiger partial charge in [0.05, 0.1) is 8.66 Å². The molecule has 0 spiro atoms. The van der Waals surface area contributed by atoms with Crippen molar-refractivity contribution in [1.82, 2.24) is 5.32 Å². The van der Waals surface area contributed by atoms with E-state index in [0.717, 1.165) is 26.0 Å². The molecule has 0 saturated heterocycles. The zero-order valence-corrected chi connectivity index (χ0v) is 14.1. The molecule has 0 bridgehead atoms. The number of aryl methyl sites for hydroxylation is 1. The van der Waals surface area contributed by atoms with E-state index in [0.29, 0.717) is 6.54 Å². The van der Waals surface area contributed by atoms with E-state index < -0.39 is 0 Å². The Labute approximate surface area is 133 Å². The number of amides is 1. The highest BCUT2D eigenvalue weighted by atomic mass is 79.9. The molecule has 0 radical (unpaired) electrons. The zero-order chi connectivity index (χ0) is 13.7. The summed E-state index contributed by atoms with van der Waals surface area (Å²) in [5.74, 6) is -0.00976. The number of halogens is 2. The summed E-state index contributed by atoms with van der Waals surface area (Å²) in [5, 5.41) is 2.94. The van der Waals surface area contributed by atoms with E-state index in [2.05, 4.69) is 49.3 Å². The molecule has 0 saturated carbocycles. The second-order valence-electron chi connectivity index (χ2n) is 4.08. The van der Waals surface area contributed by atoms with Crippen LogP contribution in [-0.2, 0) is 6.42 Å². The van der Waals surface area contributed by atoms with Crippen LogP contribution < -0.4 is 5.32 Å². The maximum absolute atomic E-state index is 11.9. The lowest BCUT2D eigenvalue weighted by atomic mass is 10.1. The van der Waals surface area contributed by atoms with Gasteiger partial charge in [-0.3, -0.25) is 4.79 Å². The fourth-order valence-electron chi connectivity index (χ4n) is 1.68. The Balaban J connectivity index is 1.75. The molecule has 19 heavy (non-hydrogen) atoms. The van der Waals surface area contributed by atoms with Crippen LogP contribution in [0, 0.1) is 0 Å². The quantitative estimate of drug-likeness (QED) is 0.725. The van der Waals surface area contributed by atoms with Gasteiger partial charge in [0.1, 0.15) is 0 Å². The van der Waals surface area contributed by atoms with Gasteiger partial charge in [0.25, 0.3) is 5.91 Å². The maximum atomic E-state index is 11.9. The molecular formula is C14H13Br2NOS. The highest BCUT2D eigenvalue weighted by Crippen LogP contribution is 2.32. The zero-order valence-electron chi connectivity index (χ0n) is 10.2. The van der Waals surface area contributed by atoms with Crippen molar-refractivity contribution < 1.29 is 4.79 Å². The molecule has 0 aliphatic rings. The summed E-state index contributed by atoms with van der Waals surface area (Å²) in [6, 6.07) is 12.1. The predicted octanol–water partition coefficient (Wildman–Crippen LogP) is 4.64. The van der Waals surface area contributed by atoms with Crippen molar-refractivity contribution in [3.8, 4) is 0 Å².